The van der Waals surface area contributed by atoms with E-state index in [2.05, 4.69) is 17.0 Å². The molecule has 2 aliphatic heterocycles. The lowest BCUT2D eigenvalue weighted by molar-refractivity contribution is -0.0783. The van der Waals surface area contributed by atoms with Crippen molar-refractivity contribution in [3.63, 3.8) is 0 Å². The summed E-state index contributed by atoms with van der Waals surface area (Å²) >= 11 is 6.05. The van der Waals surface area contributed by atoms with Gasteiger partial charge in [-0.25, -0.2) is 4.79 Å². The second-order valence-corrected chi connectivity index (χ2v) is 11.5. The second-order valence-electron chi connectivity index (χ2n) is 9.57. The summed E-state index contributed by atoms with van der Waals surface area (Å²) in [6, 6.07) is 8.60. The van der Waals surface area contributed by atoms with Gasteiger partial charge in [0.2, 0.25) is 0 Å². The number of morpholine rings is 1. The van der Waals surface area contributed by atoms with E-state index in [0.717, 1.165) is 30.8 Å². The minimum Gasteiger partial charge on any atom is -0.444 e. The number of nitrogens with zero attached hydrogens (tertiary/aromatic N) is 2. The monoisotopic (exact) mass is 470 g/mol. The molecule has 3 atom stereocenters. The van der Waals surface area contributed by atoms with Crippen molar-refractivity contribution in [2.45, 2.75) is 63.8 Å². The fourth-order valence-corrected chi connectivity index (χ4v) is 5.22. The van der Waals surface area contributed by atoms with Gasteiger partial charge in [0.1, 0.15) is 5.60 Å². The third-order valence-corrected chi connectivity index (χ3v) is 6.89. The molecule has 0 aliphatic carbocycles. The van der Waals surface area contributed by atoms with E-state index in [1.807, 2.05) is 37.8 Å². The number of rotatable bonds is 5. The topological polar surface area (TPSA) is 59.1 Å². The van der Waals surface area contributed by atoms with E-state index in [1.165, 1.54) is 5.56 Å². The number of halogens is 1. The van der Waals surface area contributed by atoms with Gasteiger partial charge in [0.25, 0.3) is 0 Å². The van der Waals surface area contributed by atoms with Gasteiger partial charge in [-0.2, -0.15) is 0 Å². The maximum Gasteiger partial charge on any atom is 0.410 e. The Kier molecular flexibility index (Phi) is 8.41. The number of ether oxygens (including phenoxy) is 2. The molecule has 0 saturated carbocycles. The first kappa shape index (κ1) is 24.5. The van der Waals surface area contributed by atoms with Crippen LogP contribution in [0, 0.1) is 0 Å². The average molecular weight is 471 g/mol. The summed E-state index contributed by atoms with van der Waals surface area (Å²) in [6.45, 7) is 8.45. The highest BCUT2D eigenvalue weighted by atomic mass is 35.5. The summed E-state index contributed by atoms with van der Waals surface area (Å²) in [6.07, 6.45) is 4.16. The van der Waals surface area contributed by atoms with Crippen LogP contribution < -0.4 is 0 Å². The Labute approximate surface area is 193 Å². The van der Waals surface area contributed by atoms with Crippen LogP contribution in [-0.4, -0.2) is 82.1 Å². The number of carbonyl (C=O) groups is 1. The molecule has 6 nitrogen and oxygen atoms in total. The fraction of sp³-hybridized carbons (Fsp3) is 0.696. The summed E-state index contributed by atoms with van der Waals surface area (Å²) in [5.74, 6) is 0.556. The quantitative estimate of drug-likeness (QED) is 0.656. The zero-order chi connectivity index (χ0) is 22.6. The van der Waals surface area contributed by atoms with Crippen LogP contribution in [0.15, 0.2) is 24.3 Å². The number of amides is 1. The highest BCUT2D eigenvalue weighted by Crippen LogP contribution is 2.26. The Bertz CT molecular complexity index is 760. The molecule has 31 heavy (non-hydrogen) atoms. The van der Waals surface area contributed by atoms with E-state index in [4.69, 9.17) is 21.1 Å². The molecule has 1 amide bonds. The van der Waals surface area contributed by atoms with Crippen LogP contribution in [0.25, 0.3) is 0 Å². The molecule has 0 radical (unpaired) electrons. The molecule has 0 aromatic heterocycles. The molecule has 2 saturated heterocycles. The second kappa shape index (κ2) is 10.6. The van der Waals surface area contributed by atoms with Crippen LogP contribution in [0.2, 0.25) is 5.02 Å². The van der Waals surface area contributed by atoms with Crippen molar-refractivity contribution in [2.24, 2.45) is 0 Å². The molecule has 2 heterocycles. The van der Waals surface area contributed by atoms with E-state index in [-0.39, 0.29) is 18.2 Å². The number of likely N-dealkylation sites (tertiary alicyclic amines) is 1. The van der Waals surface area contributed by atoms with Gasteiger partial charge in [-0.05, 0) is 57.7 Å². The third kappa shape index (κ3) is 7.45. The van der Waals surface area contributed by atoms with Crippen molar-refractivity contribution in [2.75, 3.05) is 38.2 Å². The Morgan fingerprint density at radius 2 is 1.87 bits per heavy atom. The smallest absolute Gasteiger partial charge is 0.410 e. The van der Waals surface area contributed by atoms with Gasteiger partial charge in [-0.15, -0.1) is 0 Å². The van der Waals surface area contributed by atoms with E-state index in [1.54, 1.807) is 6.26 Å². The Hall–Kier alpha value is -1.15. The molecule has 2 fully saturated rings. The first-order chi connectivity index (χ1) is 14.6. The SMILES string of the molecule is CS(=O)C[C@H]1CN(C2CCN(C(=O)OC(C)(C)C)CC2)[C@@H](Cc2ccc(Cl)cc2)CO1. The molecule has 8 heteroatoms. The minimum atomic E-state index is -0.892. The molecule has 2 aliphatic rings. The standard InChI is InChI=1S/C23H35ClN2O4S/c1-23(2,3)30-22(27)25-11-9-19(10-12-25)26-14-21(16-31(4)28)29-15-20(26)13-17-5-7-18(24)8-6-17/h5-8,19-21H,9-16H2,1-4H3/t20-,21+,31?/m0/s1. The van der Waals surface area contributed by atoms with Crippen molar-refractivity contribution in [1.82, 2.24) is 9.80 Å². The maximum absolute atomic E-state index is 12.4. The molecular formula is C23H35ClN2O4S. The van der Waals surface area contributed by atoms with Crippen LogP contribution in [0.1, 0.15) is 39.2 Å². The van der Waals surface area contributed by atoms with Crippen molar-refractivity contribution < 1.29 is 18.5 Å². The number of carbonyl (C=O) groups excluding carboxylic acids is 1. The van der Waals surface area contributed by atoms with E-state index >= 15 is 0 Å². The van der Waals surface area contributed by atoms with Crippen LogP contribution in [0.5, 0.6) is 0 Å². The van der Waals surface area contributed by atoms with Crippen molar-refractivity contribution in [3.8, 4) is 0 Å². The minimum absolute atomic E-state index is 0.0174. The molecule has 3 rings (SSSR count). The van der Waals surface area contributed by atoms with E-state index in [9.17, 15) is 9.00 Å². The zero-order valence-corrected chi connectivity index (χ0v) is 20.6. The normalized spacial score (nSPS) is 24.7. The first-order valence-electron chi connectivity index (χ1n) is 11.0. The van der Waals surface area contributed by atoms with Gasteiger partial charge in [0.15, 0.2) is 0 Å². The van der Waals surface area contributed by atoms with Gasteiger partial charge in [-0.3, -0.25) is 9.11 Å². The van der Waals surface area contributed by atoms with Crippen LogP contribution >= 0.6 is 11.6 Å². The molecule has 1 unspecified atom stereocenters. The zero-order valence-electron chi connectivity index (χ0n) is 19.0. The summed E-state index contributed by atoms with van der Waals surface area (Å²) in [5, 5.41) is 0.737. The van der Waals surface area contributed by atoms with Gasteiger partial charge >= 0.3 is 6.09 Å². The lowest BCUT2D eigenvalue weighted by atomic mass is 9.96. The highest BCUT2D eigenvalue weighted by Gasteiger charge is 2.37. The van der Waals surface area contributed by atoms with Crippen molar-refractivity contribution >= 4 is 28.5 Å². The van der Waals surface area contributed by atoms with Gasteiger partial charge < -0.3 is 14.4 Å². The number of piperidine rings is 1. The van der Waals surface area contributed by atoms with Crippen LogP contribution in [0.3, 0.4) is 0 Å². The molecule has 0 N–H and O–H groups in total. The van der Waals surface area contributed by atoms with Gasteiger partial charge in [0.05, 0.1) is 18.5 Å². The molecular weight excluding hydrogens is 436 g/mol. The predicted octanol–water partition coefficient (Wildman–Crippen LogP) is 3.73. The lowest BCUT2D eigenvalue weighted by Crippen LogP contribution is -2.58. The third-order valence-electron chi connectivity index (χ3n) is 5.80. The number of hydrogen-bond acceptors (Lipinski definition) is 5. The van der Waals surface area contributed by atoms with Crippen LogP contribution in [-0.2, 0) is 26.7 Å². The summed E-state index contributed by atoms with van der Waals surface area (Å²) in [7, 11) is -0.892. The first-order valence-corrected chi connectivity index (χ1v) is 13.1. The Morgan fingerprint density at radius 1 is 1.23 bits per heavy atom. The highest BCUT2D eigenvalue weighted by molar-refractivity contribution is 7.84. The summed E-state index contributed by atoms with van der Waals surface area (Å²) < 4.78 is 23.4. The Morgan fingerprint density at radius 3 is 2.45 bits per heavy atom. The predicted molar refractivity (Wildman–Crippen MR) is 125 cm³/mol. The van der Waals surface area contributed by atoms with Crippen LogP contribution in [0.4, 0.5) is 4.79 Å². The van der Waals surface area contributed by atoms with Gasteiger partial charge in [-0.1, -0.05) is 23.7 Å². The van der Waals surface area contributed by atoms with Crippen molar-refractivity contribution in [1.29, 1.82) is 0 Å². The average Bonchev–Trinajstić information content (AvgIpc) is 2.69. The largest absolute Gasteiger partial charge is 0.444 e. The molecule has 0 bridgehead atoms. The maximum atomic E-state index is 12.4. The Balaban J connectivity index is 1.65. The number of hydrogen-bond donors (Lipinski definition) is 0. The number of benzene rings is 1. The van der Waals surface area contributed by atoms with E-state index < -0.39 is 16.4 Å². The molecule has 1 aromatic rings. The van der Waals surface area contributed by atoms with Crippen molar-refractivity contribution in [3.05, 3.63) is 34.9 Å². The summed E-state index contributed by atoms with van der Waals surface area (Å²) in [4.78, 5) is 16.8. The fourth-order valence-electron chi connectivity index (χ4n) is 4.36. The molecule has 1 aromatic carbocycles. The van der Waals surface area contributed by atoms with Gasteiger partial charge in [0, 0.05) is 53.8 Å². The molecule has 174 valence electrons. The molecule has 0 spiro atoms. The summed E-state index contributed by atoms with van der Waals surface area (Å²) in [5.41, 5.74) is 0.747. The van der Waals surface area contributed by atoms with E-state index in [0.29, 0.717) is 31.5 Å². The lowest BCUT2D eigenvalue weighted by Gasteiger charge is -2.46.